The molecule has 2 aromatic carbocycles. The Hall–Kier alpha value is -3.15. The molecule has 152 valence electrons. The average Bonchev–Trinajstić information content (AvgIpc) is 3.21. The van der Waals surface area contributed by atoms with Crippen molar-refractivity contribution in [1.82, 2.24) is 5.32 Å². The van der Waals surface area contributed by atoms with Gasteiger partial charge in [-0.25, -0.2) is 4.79 Å². The first-order chi connectivity index (χ1) is 14.0. The molecular formula is C23H26N2O4. The quantitative estimate of drug-likeness (QED) is 0.731. The summed E-state index contributed by atoms with van der Waals surface area (Å²) >= 11 is 0. The number of ether oxygens (including phenoxy) is 1. The normalized spacial score (nSPS) is 13.7. The molecule has 1 fully saturated rings. The predicted molar refractivity (Wildman–Crippen MR) is 111 cm³/mol. The van der Waals surface area contributed by atoms with E-state index in [1.54, 1.807) is 36.4 Å². The van der Waals surface area contributed by atoms with Gasteiger partial charge in [-0.1, -0.05) is 37.1 Å². The molecule has 2 N–H and O–H groups in total. The topological polar surface area (TPSA) is 84.5 Å². The van der Waals surface area contributed by atoms with E-state index in [0.717, 1.165) is 36.8 Å². The summed E-state index contributed by atoms with van der Waals surface area (Å²) in [5.74, 6) is -1.25. The van der Waals surface area contributed by atoms with E-state index in [1.807, 2.05) is 19.9 Å². The molecule has 2 amide bonds. The van der Waals surface area contributed by atoms with Crippen LogP contribution in [0.1, 0.15) is 57.5 Å². The van der Waals surface area contributed by atoms with Crippen LogP contribution in [0.15, 0.2) is 42.5 Å². The van der Waals surface area contributed by atoms with Gasteiger partial charge in [0.25, 0.3) is 11.8 Å². The summed E-state index contributed by atoms with van der Waals surface area (Å²) in [6, 6.07) is 12.4. The zero-order valence-corrected chi connectivity index (χ0v) is 16.8. The zero-order chi connectivity index (χ0) is 20.8. The van der Waals surface area contributed by atoms with Crippen LogP contribution in [0, 0.1) is 13.8 Å². The maximum atomic E-state index is 12.6. The van der Waals surface area contributed by atoms with Gasteiger partial charge in [-0.15, -0.1) is 0 Å². The molecule has 0 saturated heterocycles. The van der Waals surface area contributed by atoms with Crippen LogP contribution in [-0.2, 0) is 9.53 Å². The van der Waals surface area contributed by atoms with Crippen molar-refractivity contribution in [3.63, 3.8) is 0 Å². The maximum Gasteiger partial charge on any atom is 0.338 e. The number of carbonyl (C=O) groups excluding carboxylic acids is 3. The molecule has 3 rings (SSSR count). The summed E-state index contributed by atoms with van der Waals surface area (Å²) in [5.41, 5.74) is 3.04. The molecular weight excluding hydrogens is 368 g/mol. The highest BCUT2D eigenvalue weighted by Crippen LogP contribution is 2.20. The van der Waals surface area contributed by atoms with Gasteiger partial charge in [0.15, 0.2) is 6.61 Å². The summed E-state index contributed by atoms with van der Waals surface area (Å²) in [5, 5.41) is 5.69. The smallest absolute Gasteiger partial charge is 0.338 e. The number of anilines is 1. The van der Waals surface area contributed by atoms with Crippen molar-refractivity contribution in [3.8, 4) is 0 Å². The number of amides is 2. The lowest BCUT2D eigenvalue weighted by Gasteiger charge is -2.15. The fourth-order valence-electron chi connectivity index (χ4n) is 3.49. The second kappa shape index (κ2) is 9.37. The second-order valence-electron chi connectivity index (χ2n) is 7.37. The predicted octanol–water partition coefficient (Wildman–Crippen LogP) is 3.77. The average molecular weight is 394 g/mol. The molecule has 6 heteroatoms. The Balaban J connectivity index is 1.60. The number of nitrogens with one attached hydrogen (secondary N) is 2. The Bertz CT molecular complexity index is 917. The number of carbonyl (C=O) groups is 3. The van der Waals surface area contributed by atoms with Gasteiger partial charge in [-0.05, 0) is 56.0 Å². The number of hydrogen-bond donors (Lipinski definition) is 2. The van der Waals surface area contributed by atoms with Gasteiger partial charge in [0.2, 0.25) is 0 Å². The Kier molecular flexibility index (Phi) is 6.65. The molecule has 0 unspecified atom stereocenters. The Morgan fingerprint density at radius 1 is 0.966 bits per heavy atom. The third kappa shape index (κ3) is 5.22. The number of para-hydroxylation sites is 1. The molecule has 0 radical (unpaired) electrons. The molecule has 6 nitrogen and oxygen atoms in total. The molecule has 2 aromatic rings. The first kappa shape index (κ1) is 20.6. The lowest BCUT2D eigenvalue weighted by atomic mass is 10.0. The van der Waals surface area contributed by atoms with Crippen LogP contribution in [0.2, 0.25) is 0 Å². The van der Waals surface area contributed by atoms with Crippen molar-refractivity contribution in [1.29, 1.82) is 0 Å². The summed E-state index contributed by atoms with van der Waals surface area (Å²) in [4.78, 5) is 37.2. The molecule has 0 aliphatic heterocycles. The van der Waals surface area contributed by atoms with Crippen molar-refractivity contribution < 1.29 is 19.1 Å². The standard InChI is InChI=1S/C23H26N2O4/c1-15-8-7-12-18(16(15)2)23(28)29-14-21(26)25-20-13-6-5-11-19(20)22(27)24-17-9-3-4-10-17/h5-8,11-13,17H,3-4,9-10,14H2,1-2H3,(H,24,27)(H,25,26). The Labute approximate surface area is 170 Å². The third-order valence-electron chi connectivity index (χ3n) is 5.30. The first-order valence-corrected chi connectivity index (χ1v) is 9.89. The fourth-order valence-corrected chi connectivity index (χ4v) is 3.49. The molecule has 0 atom stereocenters. The summed E-state index contributed by atoms with van der Waals surface area (Å²) in [6.07, 6.45) is 4.20. The van der Waals surface area contributed by atoms with Crippen LogP contribution in [-0.4, -0.2) is 30.4 Å². The number of esters is 1. The largest absolute Gasteiger partial charge is 0.452 e. The molecule has 1 aliphatic rings. The SMILES string of the molecule is Cc1cccc(C(=O)OCC(=O)Nc2ccccc2C(=O)NC2CCCC2)c1C. The number of hydrogen-bond acceptors (Lipinski definition) is 4. The van der Waals surface area contributed by atoms with Crippen LogP contribution in [0.25, 0.3) is 0 Å². The van der Waals surface area contributed by atoms with E-state index in [0.29, 0.717) is 16.8 Å². The van der Waals surface area contributed by atoms with Crippen molar-refractivity contribution in [3.05, 3.63) is 64.7 Å². The highest BCUT2D eigenvalue weighted by Gasteiger charge is 2.20. The maximum absolute atomic E-state index is 12.6. The minimum Gasteiger partial charge on any atom is -0.452 e. The van der Waals surface area contributed by atoms with Gasteiger partial charge in [-0.3, -0.25) is 9.59 Å². The van der Waals surface area contributed by atoms with E-state index < -0.39 is 18.5 Å². The number of aryl methyl sites for hydroxylation is 1. The Morgan fingerprint density at radius 2 is 1.66 bits per heavy atom. The molecule has 0 aromatic heterocycles. The summed E-state index contributed by atoms with van der Waals surface area (Å²) in [6.45, 7) is 3.32. The first-order valence-electron chi connectivity index (χ1n) is 9.89. The molecule has 0 bridgehead atoms. The van der Waals surface area contributed by atoms with Crippen LogP contribution in [0.3, 0.4) is 0 Å². The second-order valence-corrected chi connectivity index (χ2v) is 7.37. The van der Waals surface area contributed by atoms with Gasteiger partial charge in [-0.2, -0.15) is 0 Å². The summed E-state index contributed by atoms with van der Waals surface area (Å²) < 4.78 is 5.15. The van der Waals surface area contributed by atoms with Crippen LogP contribution < -0.4 is 10.6 Å². The minimum atomic E-state index is -0.548. The van der Waals surface area contributed by atoms with Crippen molar-refractivity contribution >= 4 is 23.5 Å². The van der Waals surface area contributed by atoms with Gasteiger partial charge in [0.1, 0.15) is 0 Å². The lowest BCUT2D eigenvalue weighted by Crippen LogP contribution is -2.33. The molecule has 0 heterocycles. The third-order valence-corrected chi connectivity index (χ3v) is 5.30. The summed E-state index contributed by atoms with van der Waals surface area (Å²) in [7, 11) is 0. The van der Waals surface area contributed by atoms with Crippen molar-refractivity contribution in [2.24, 2.45) is 0 Å². The van der Waals surface area contributed by atoms with Gasteiger partial charge in [0, 0.05) is 6.04 Å². The van der Waals surface area contributed by atoms with Crippen LogP contribution in [0.4, 0.5) is 5.69 Å². The minimum absolute atomic E-state index is 0.185. The van der Waals surface area contributed by atoms with Crippen LogP contribution in [0.5, 0.6) is 0 Å². The monoisotopic (exact) mass is 394 g/mol. The van der Waals surface area contributed by atoms with Gasteiger partial charge >= 0.3 is 5.97 Å². The van der Waals surface area contributed by atoms with Crippen LogP contribution >= 0.6 is 0 Å². The van der Waals surface area contributed by atoms with Gasteiger partial charge in [0.05, 0.1) is 16.8 Å². The number of benzene rings is 2. The number of rotatable bonds is 6. The zero-order valence-electron chi connectivity index (χ0n) is 16.8. The molecule has 1 aliphatic carbocycles. The molecule has 0 spiro atoms. The van der Waals surface area contributed by atoms with Crippen molar-refractivity contribution in [2.45, 2.75) is 45.6 Å². The fraction of sp³-hybridized carbons (Fsp3) is 0.348. The van der Waals surface area contributed by atoms with E-state index in [4.69, 9.17) is 4.74 Å². The van der Waals surface area contributed by atoms with E-state index in [1.165, 1.54) is 0 Å². The van der Waals surface area contributed by atoms with E-state index in [9.17, 15) is 14.4 Å². The van der Waals surface area contributed by atoms with Gasteiger partial charge < -0.3 is 15.4 Å². The molecule has 1 saturated carbocycles. The van der Waals surface area contributed by atoms with E-state index >= 15 is 0 Å². The lowest BCUT2D eigenvalue weighted by molar-refractivity contribution is -0.119. The van der Waals surface area contributed by atoms with Crippen molar-refractivity contribution in [2.75, 3.05) is 11.9 Å². The highest BCUT2D eigenvalue weighted by molar-refractivity contribution is 6.04. The Morgan fingerprint density at radius 3 is 2.41 bits per heavy atom. The highest BCUT2D eigenvalue weighted by atomic mass is 16.5. The molecule has 29 heavy (non-hydrogen) atoms. The van der Waals surface area contributed by atoms with E-state index in [-0.39, 0.29) is 11.9 Å². The van der Waals surface area contributed by atoms with E-state index in [2.05, 4.69) is 10.6 Å².